The van der Waals surface area contributed by atoms with Gasteiger partial charge in [0.25, 0.3) is 0 Å². The minimum Gasteiger partial charge on any atom is -0.379 e. The van der Waals surface area contributed by atoms with Gasteiger partial charge in [0.2, 0.25) is 0 Å². The van der Waals surface area contributed by atoms with Gasteiger partial charge in [-0.15, -0.1) is 0 Å². The van der Waals surface area contributed by atoms with E-state index < -0.39 is 11.1 Å². The summed E-state index contributed by atoms with van der Waals surface area (Å²) in [7, 11) is 0. The molecule has 6 rings (SSSR count). The van der Waals surface area contributed by atoms with Gasteiger partial charge >= 0.3 is 0 Å². The van der Waals surface area contributed by atoms with Crippen LogP contribution in [0.15, 0.2) is 120 Å². The lowest BCUT2D eigenvalue weighted by atomic mass is 9.77. The Morgan fingerprint density at radius 3 is 1.25 bits per heavy atom. The van der Waals surface area contributed by atoms with Crippen molar-refractivity contribution in [2.24, 2.45) is 5.11 Å². The second-order valence-corrected chi connectivity index (χ2v) is 18.7. The number of rotatable bonds is 47. The van der Waals surface area contributed by atoms with E-state index in [1.165, 1.54) is 0 Å². The highest BCUT2D eigenvalue weighted by Crippen LogP contribution is 2.42. The number of imidazole rings is 1. The van der Waals surface area contributed by atoms with Crippen LogP contribution in [0.1, 0.15) is 43.3 Å². The van der Waals surface area contributed by atoms with Crippen molar-refractivity contribution in [2.45, 2.75) is 45.1 Å². The number of anilines is 1. The molecule has 6 aromatic rings. The zero-order chi connectivity index (χ0) is 56.0. The van der Waals surface area contributed by atoms with Crippen LogP contribution in [-0.4, -0.2) is 185 Å². The Bertz CT molecular complexity index is 2510. The van der Waals surface area contributed by atoms with Crippen LogP contribution in [0, 0.1) is 0 Å². The Hall–Kier alpha value is -5.65. The van der Waals surface area contributed by atoms with Gasteiger partial charge in [-0.1, -0.05) is 114 Å². The highest BCUT2D eigenvalue weighted by Gasteiger charge is 2.38. The van der Waals surface area contributed by atoms with Crippen LogP contribution in [0.25, 0.3) is 32.4 Å². The van der Waals surface area contributed by atoms with E-state index in [1.54, 1.807) is 0 Å². The molecule has 0 unspecified atom stereocenters. The number of hydrogen-bond donors (Lipinski definition) is 1. The molecule has 4 aromatic carbocycles. The molecule has 0 atom stereocenters. The highest BCUT2D eigenvalue weighted by molar-refractivity contribution is 6.07. The van der Waals surface area contributed by atoms with Gasteiger partial charge in [-0.3, -0.25) is 0 Å². The largest absolute Gasteiger partial charge is 0.379 e. The van der Waals surface area contributed by atoms with E-state index in [-0.39, 0.29) is 0 Å². The van der Waals surface area contributed by atoms with Crippen molar-refractivity contribution in [1.82, 2.24) is 14.5 Å². The summed E-state index contributed by atoms with van der Waals surface area (Å²) in [6, 6.07) is 39.8. The molecule has 20 nitrogen and oxygen atoms in total. The number of pyridine rings is 1. The minimum atomic E-state index is -0.813. The van der Waals surface area contributed by atoms with Gasteiger partial charge in [0.05, 0.1) is 175 Å². The van der Waals surface area contributed by atoms with E-state index in [4.69, 9.17) is 77.1 Å². The Morgan fingerprint density at radius 1 is 0.475 bits per heavy atom. The first-order valence-corrected chi connectivity index (χ1v) is 27.8. The Kier molecular flexibility index (Phi) is 30.3. The molecular formula is C60H83N7O13. The van der Waals surface area contributed by atoms with E-state index in [2.05, 4.69) is 119 Å². The molecule has 436 valence electrons. The topological polar surface area (TPSA) is 211 Å². The second kappa shape index (κ2) is 38.1. The fraction of sp³-hybridized carbons (Fsp3) is 0.533. The zero-order valence-electron chi connectivity index (χ0n) is 47.1. The molecule has 0 spiro atoms. The summed E-state index contributed by atoms with van der Waals surface area (Å²) >= 11 is 0. The molecule has 0 aliphatic heterocycles. The van der Waals surface area contributed by atoms with Gasteiger partial charge in [-0.25, -0.2) is 9.97 Å². The molecule has 1 N–H and O–H groups in total. The second-order valence-electron chi connectivity index (χ2n) is 18.7. The van der Waals surface area contributed by atoms with Crippen LogP contribution in [0.4, 0.5) is 5.82 Å². The summed E-state index contributed by atoms with van der Waals surface area (Å²) in [6.07, 6.45) is 0. The molecule has 0 fully saturated rings. The molecule has 0 radical (unpaired) electrons. The summed E-state index contributed by atoms with van der Waals surface area (Å²) in [5.41, 5.74) is 12.6. The lowest BCUT2D eigenvalue weighted by Crippen LogP contribution is -2.38. The smallest absolute Gasteiger partial charge is 0.156 e. The lowest BCUT2D eigenvalue weighted by molar-refractivity contribution is -0.0621. The normalized spacial score (nSPS) is 11.9. The monoisotopic (exact) mass is 1110 g/mol. The van der Waals surface area contributed by atoms with Gasteiger partial charge in [-0.05, 0) is 49.1 Å². The van der Waals surface area contributed by atoms with E-state index >= 15 is 0 Å². The van der Waals surface area contributed by atoms with Gasteiger partial charge in [0, 0.05) is 23.4 Å². The van der Waals surface area contributed by atoms with Crippen LogP contribution in [0.3, 0.4) is 0 Å². The number of nitrogens with zero attached hydrogens (tertiary/aromatic N) is 6. The van der Waals surface area contributed by atoms with Gasteiger partial charge in [-0.2, -0.15) is 0 Å². The summed E-state index contributed by atoms with van der Waals surface area (Å²) < 4.78 is 75.9. The molecule has 0 saturated carbocycles. The first kappa shape index (κ1) is 63.5. The third-order valence-electron chi connectivity index (χ3n) is 12.4. The molecule has 80 heavy (non-hydrogen) atoms. The first-order valence-electron chi connectivity index (χ1n) is 27.8. The maximum absolute atomic E-state index is 8.20. The molecule has 0 amide bonds. The van der Waals surface area contributed by atoms with Crippen molar-refractivity contribution in [1.29, 1.82) is 0 Å². The quantitative estimate of drug-likeness (QED) is 0.0124. The summed E-state index contributed by atoms with van der Waals surface area (Å²) in [5, 5.41) is 8.40. The number of fused-ring (bicyclic) bond motifs is 3. The zero-order valence-corrected chi connectivity index (χ0v) is 47.1. The molecule has 2 heterocycles. The SMILES string of the molecule is CCOCc1nc2c(NC(c3ccccc3)(c3ccccc3)c3ccccc3)nc3ccccc3c2n1CC(C)(C)OCCOCCOCCOCCOCCOCCOCCOCCOCCOCCOCCOCCN=[N+]=[N-]. The molecular weight excluding hydrogens is 1030 g/mol. The van der Waals surface area contributed by atoms with Crippen LogP contribution in [-0.2, 0) is 80.3 Å². The third-order valence-corrected chi connectivity index (χ3v) is 12.4. The number of azide groups is 1. The van der Waals surface area contributed by atoms with E-state index in [1.807, 2.05) is 37.3 Å². The Morgan fingerprint density at radius 2 is 0.850 bits per heavy atom. The van der Waals surface area contributed by atoms with Crippen molar-refractivity contribution < 1.29 is 61.6 Å². The minimum absolute atomic E-state index is 0.320. The molecule has 0 aliphatic rings. The van der Waals surface area contributed by atoms with Crippen LogP contribution in [0.2, 0.25) is 0 Å². The van der Waals surface area contributed by atoms with Crippen molar-refractivity contribution in [2.75, 3.05) is 170 Å². The number of benzene rings is 4. The molecule has 0 aliphatic carbocycles. The molecule has 0 bridgehead atoms. The molecule has 2 aromatic heterocycles. The fourth-order valence-electron chi connectivity index (χ4n) is 8.66. The van der Waals surface area contributed by atoms with E-state index in [0.717, 1.165) is 44.5 Å². The lowest BCUT2D eigenvalue weighted by Gasteiger charge is -2.37. The van der Waals surface area contributed by atoms with Crippen molar-refractivity contribution in [3.8, 4) is 0 Å². The average molecular weight is 1110 g/mol. The third kappa shape index (κ3) is 22.0. The summed E-state index contributed by atoms with van der Waals surface area (Å²) in [5.74, 6) is 1.45. The number of aromatic nitrogens is 3. The number of nitrogens with one attached hydrogen (secondary N) is 1. The maximum atomic E-state index is 8.20. The van der Waals surface area contributed by atoms with Crippen molar-refractivity contribution >= 4 is 27.8 Å². The maximum Gasteiger partial charge on any atom is 0.156 e. The van der Waals surface area contributed by atoms with E-state index in [9.17, 15) is 0 Å². The number of para-hydroxylation sites is 1. The van der Waals surface area contributed by atoms with Gasteiger partial charge in [0.15, 0.2) is 5.82 Å². The molecule has 0 saturated heterocycles. The molecule has 20 heteroatoms. The Labute approximate surface area is 471 Å². The van der Waals surface area contributed by atoms with Crippen LogP contribution < -0.4 is 5.32 Å². The fourth-order valence-corrected chi connectivity index (χ4v) is 8.66. The average Bonchev–Trinajstić information content (AvgIpc) is 4.07. The predicted octanol–water partition coefficient (Wildman–Crippen LogP) is 8.81. The standard InChI is InChI=1S/C60H83N7O13/c1-4-68-48-55-64-56-57(53-22-14-15-23-54(53)63-58(56)65-60(50-16-8-5-9-17-50,51-18-10-6-11-19-51)52-20-12-7-13-21-52)67(55)49-59(2,3)80-47-46-79-45-44-78-43-42-77-41-40-76-39-38-75-37-36-74-35-34-73-33-32-72-31-30-71-29-28-70-27-26-69-25-24-62-66-61/h5-23H,4,24-49H2,1-3H3,(H,63,65). The predicted molar refractivity (Wildman–Crippen MR) is 306 cm³/mol. The van der Waals surface area contributed by atoms with Crippen molar-refractivity contribution in [3.05, 3.63) is 148 Å². The van der Waals surface area contributed by atoms with Crippen LogP contribution in [0.5, 0.6) is 0 Å². The summed E-state index contributed by atoms with van der Waals surface area (Å²) in [6.45, 7) is 18.5. The Balaban J connectivity index is 0.815. The van der Waals surface area contributed by atoms with Crippen molar-refractivity contribution in [3.63, 3.8) is 0 Å². The first-order chi connectivity index (χ1) is 39.5. The highest BCUT2D eigenvalue weighted by atomic mass is 16.6. The summed E-state index contributed by atoms with van der Waals surface area (Å²) in [4.78, 5) is 13.3. The van der Waals surface area contributed by atoms with E-state index in [0.29, 0.717) is 184 Å². The van der Waals surface area contributed by atoms with Gasteiger partial charge in [0.1, 0.15) is 23.5 Å². The van der Waals surface area contributed by atoms with Crippen LogP contribution >= 0.6 is 0 Å². The number of ether oxygens (including phenoxy) is 13. The van der Waals surface area contributed by atoms with Gasteiger partial charge < -0.3 is 71.5 Å². The number of hydrogen-bond acceptors (Lipinski definition) is 17.